The smallest absolute Gasteiger partial charge is 0.230 e. The van der Waals surface area contributed by atoms with Crippen LogP contribution in [0.5, 0.6) is 0 Å². The van der Waals surface area contributed by atoms with Gasteiger partial charge in [0.15, 0.2) is 0 Å². The van der Waals surface area contributed by atoms with Gasteiger partial charge in [0.05, 0.1) is 22.2 Å². The van der Waals surface area contributed by atoms with Gasteiger partial charge in [0.25, 0.3) is 0 Å². The molecule has 114 valence electrons. The number of hydrogen-bond acceptors (Lipinski definition) is 4. The van der Waals surface area contributed by atoms with Gasteiger partial charge < -0.3 is 15.3 Å². The number of aliphatic hydroxyl groups is 1. The van der Waals surface area contributed by atoms with Crippen LogP contribution in [0.1, 0.15) is 25.0 Å². The summed E-state index contributed by atoms with van der Waals surface area (Å²) < 4.78 is 0. The molecule has 0 saturated carbocycles. The molecular weight excluding hydrogens is 290 g/mol. The Labute approximate surface area is 129 Å². The normalized spacial score (nSPS) is 29.6. The lowest BCUT2D eigenvalue weighted by molar-refractivity contribution is -0.142. The quantitative estimate of drug-likeness (QED) is 0.825. The van der Waals surface area contributed by atoms with Gasteiger partial charge in [0.1, 0.15) is 5.82 Å². The second-order valence-corrected chi connectivity index (χ2v) is 6.39. The van der Waals surface area contributed by atoms with Crippen molar-refractivity contribution in [3.05, 3.63) is 22.8 Å². The maximum atomic E-state index is 12.3. The molecule has 2 fully saturated rings. The molecule has 1 amide bonds. The summed E-state index contributed by atoms with van der Waals surface area (Å²) in [6, 6.07) is 3.71. The topological polar surface area (TPSA) is 65.5 Å². The van der Waals surface area contributed by atoms with Crippen molar-refractivity contribution < 1.29 is 9.90 Å². The summed E-state index contributed by atoms with van der Waals surface area (Å²) in [5, 5.41) is 13.9. The number of carbonyl (C=O) groups excluding carboxylic acids is 1. The third-order valence-electron chi connectivity index (χ3n) is 4.65. The zero-order chi connectivity index (χ0) is 15.0. The van der Waals surface area contributed by atoms with Crippen molar-refractivity contribution in [1.82, 2.24) is 10.3 Å². The first-order chi connectivity index (χ1) is 10.0. The Hall–Kier alpha value is -1.33. The Balaban J connectivity index is 1.88. The van der Waals surface area contributed by atoms with E-state index in [1.54, 1.807) is 0 Å². The molecule has 1 aromatic rings. The molecule has 5 nitrogen and oxygen atoms in total. The highest BCUT2D eigenvalue weighted by Gasteiger charge is 2.50. The van der Waals surface area contributed by atoms with Crippen LogP contribution in [-0.4, -0.2) is 41.7 Å². The molecule has 0 radical (unpaired) electrons. The van der Waals surface area contributed by atoms with Gasteiger partial charge in [-0.15, -0.1) is 0 Å². The van der Waals surface area contributed by atoms with Crippen LogP contribution in [0.25, 0.3) is 0 Å². The van der Waals surface area contributed by atoms with Crippen LogP contribution in [0.2, 0.25) is 5.02 Å². The molecule has 0 aliphatic carbocycles. The van der Waals surface area contributed by atoms with E-state index >= 15 is 0 Å². The monoisotopic (exact) mass is 309 g/mol. The van der Waals surface area contributed by atoms with E-state index in [1.165, 1.54) is 0 Å². The number of nitrogens with one attached hydrogen (secondary N) is 1. The SMILES string of the molecule is Cc1nc(N2CC[C@@H](O)[C@@]3(CCCNC3=O)C2)ccc1Cl. The third-order valence-corrected chi connectivity index (χ3v) is 5.05. The van der Waals surface area contributed by atoms with Crippen LogP contribution in [-0.2, 0) is 4.79 Å². The van der Waals surface area contributed by atoms with Gasteiger partial charge >= 0.3 is 0 Å². The van der Waals surface area contributed by atoms with E-state index in [1.807, 2.05) is 19.1 Å². The van der Waals surface area contributed by atoms with Gasteiger partial charge in [-0.25, -0.2) is 4.98 Å². The molecule has 1 aromatic heterocycles. The fraction of sp³-hybridized carbons (Fsp3) is 0.600. The van der Waals surface area contributed by atoms with Crippen LogP contribution in [0, 0.1) is 12.3 Å². The van der Waals surface area contributed by atoms with E-state index in [-0.39, 0.29) is 5.91 Å². The minimum absolute atomic E-state index is 0.0309. The number of hydrogen-bond donors (Lipinski definition) is 2. The number of rotatable bonds is 1. The molecule has 3 rings (SSSR count). The summed E-state index contributed by atoms with van der Waals surface area (Å²) in [6.45, 7) is 3.78. The average Bonchev–Trinajstić information content (AvgIpc) is 2.48. The van der Waals surface area contributed by atoms with Crippen molar-refractivity contribution in [2.24, 2.45) is 5.41 Å². The second-order valence-electron chi connectivity index (χ2n) is 5.98. The molecule has 0 bridgehead atoms. The Morgan fingerprint density at radius 2 is 2.33 bits per heavy atom. The van der Waals surface area contributed by atoms with E-state index in [0.29, 0.717) is 31.1 Å². The number of aryl methyl sites for hydroxylation is 1. The van der Waals surface area contributed by atoms with Crippen molar-refractivity contribution in [3.63, 3.8) is 0 Å². The van der Waals surface area contributed by atoms with Gasteiger partial charge in [0, 0.05) is 19.6 Å². The first kappa shape index (κ1) is 14.6. The highest BCUT2D eigenvalue weighted by Crippen LogP contribution is 2.38. The lowest BCUT2D eigenvalue weighted by Gasteiger charge is -2.47. The zero-order valence-corrected chi connectivity index (χ0v) is 12.9. The molecular formula is C15H20ClN3O2. The third kappa shape index (κ3) is 2.49. The molecule has 2 aliphatic heterocycles. The van der Waals surface area contributed by atoms with Crippen molar-refractivity contribution in [2.75, 3.05) is 24.5 Å². The molecule has 0 unspecified atom stereocenters. The average molecular weight is 310 g/mol. The fourth-order valence-corrected chi connectivity index (χ4v) is 3.45. The molecule has 2 N–H and O–H groups in total. The van der Waals surface area contributed by atoms with E-state index in [0.717, 1.165) is 24.4 Å². The number of carbonyl (C=O) groups is 1. The molecule has 1 spiro atoms. The zero-order valence-electron chi connectivity index (χ0n) is 12.1. The first-order valence-electron chi connectivity index (χ1n) is 7.37. The minimum atomic E-state index is -0.703. The number of piperidine rings is 2. The summed E-state index contributed by atoms with van der Waals surface area (Å²) in [5.41, 5.74) is 0.0774. The Morgan fingerprint density at radius 1 is 1.52 bits per heavy atom. The summed E-state index contributed by atoms with van der Waals surface area (Å²) >= 11 is 6.02. The van der Waals surface area contributed by atoms with Gasteiger partial charge in [-0.2, -0.15) is 0 Å². The van der Waals surface area contributed by atoms with Crippen LogP contribution >= 0.6 is 11.6 Å². The molecule has 2 saturated heterocycles. The van der Waals surface area contributed by atoms with Crippen molar-refractivity contribution >= 4 is 23.3 Å². The number of nitrogens with zero attached hydrogens (tertiary/aromatic N) is 2. The second kappa shape index (κ2) is 5.46. The minimum Gasteiger partial charge on any atom is -0.392 e. The summed E-state index contributed by atoms with van der Waals surface area (Å²) in [4.78, 5) is 18.9. The number of anilines is 1. The number of aliphatic hydroxyl groups excluding tert-OH is 1. The van der Waals surface area contributed by atoms with Gasteiger partial charge in [-0.3, -0.25) is 4.79 Å². The molecule has 2 atom stereocenters. The lowest BCUT2D eigenvalue weighted by Crippen LogP contribution is -2.61. The van der Waals surface area contributed by atoms with E-state index < -0.39 is 11.5 Å². The highest BCUT2D eigenvalue weighted by molar-refractivity contribution is 6.31. The Bertz CT molecular complexity index is 566. The number of halogens is 1. The van der Waals surface area contributed by atoms with Crippen LogP contribution < -0.4 is 10.2 Å². The maximum absolute atomic E-state index is 12.3. The number of aromatic nitrogens is 1. The Morgan fingerprint density at radius 3 is 3.05 bits per heavy atom. The summed E-state index contributed by atoms with van der Waals surface area (Å²) in [7, 11) is 0. The Kier molecular flexibility index (Phi) is 3.80. The number of amides is 1. The van der Waals surface area contributed by atoms with Gasteiger partial charge in [-0.1, -0.05) is 11.6 Å². The van der Waals surface area contributed by atoms with Crippen molar-refractivity contribution in [3.8, 4) is 0 Å². The van der Waals surface area contributed by atoms with Gasteiger partial charge in [-0.05, 0) is 38.3 Å². The predicted octanol–water partition coefficient (Wildman–Crippen LogP) is 1.51. The molecule has 2 aliphatic rings. The molecule has 0 aromatic carbocycles. The predicted molar refractivity (Wildman–Crippen MR) is 81.5 cm³/mol. The maximum Gasteiger partial charge on any atom is 0.230 e. The fourth-order valence-electron chi connectivity index (χ4n) is 3.35. The lowest BCUT2D eigenvalue weighted by atomic mass is 9.71. The van der Waals surface area contributed by atoms with E-state index in [9.17, 15) is 9.90 Å². The summed E-state index contributed by atoms with van der Waals surface area (Å²) in [5.74, 6) is 0.790. The van der Waals surface area contributed by atoms with Crippen LogP contribution in [0.3, 0.4) is 0 Å². The van der Waals surface area contributed by atoms with Gasteiger partial charge in [0.2, 0.25) is 5.91 Å². The highest BCUT2D eigenvalue weighted by atomic mass is 35.5. The molecule has 6 heteroatoms. The molecule has 21 heavy (non-hydrogen) atoms. The summed E-state index contributed by atoms with van der Waals surface area (Å²) in [6.07, 6.45) is 1.63. The first-order valence-corrected chi connectivity index (χ1v) is 7.75. The van der Waals surface area contributed by atoms with Crippen LogP contribution in [0.4, 0.5) is 5.82 Å². The van der Waals surface area contributed by atoms with E-state index in [4.69, 9.17) is 11.6 Å². The van der Waals surface area contributed by atoms with Crippen molar-refractivity contribution in [1.29, 1.82) is 0 Å². The van der Waals surface area contributed by atoms with E-state index in [2.05, 4.69) is 15.2 Å². The van der Waals surface area contributed by atoms with Crippen LogP contribution in [0.15, 0.2) is 12.1 Å². The standard InChI is InChI=1S/C15H20ClN3O2/c1-10-11(16)3-4-13(18-10)19-8-5-12(20)15(9-19)6-2-7-17-14(15)21/h3-4,12,20H,2,5-9H2,1H3,(H,17,21)/t12-,15-/m1/s1. The molecule has 3 heterocycles. The largest absolute Gasteiger partial charge is 0.392 e. The van der Waals surface area contributed by atoms with Crippen molar-refractivity contribution in [2.45, 2.75) is 32.3 Å². The number of pyridine rings is 1.